The quantitative estimate of drug-likeness (QED) is 0.463. The van der Waals surface area contributed by atoms with Crippen LogP contribution < -0.4 is 0 Å². The Morgan fingerprint density at radius 3 is 2.12 bits per heavy atom. The van der Waals surface area contributed by atoms with E-state index in [1.165, 1.54) is 0 Å². The molecular weight excluding hydrogens is 94.9 g/mol. The predicted octanol–water partition coefficient (Wildman–Crippen LogP) is 1.01. The third-order valence-corrected chi connectivity index (χ3v) is 0.992. The summed E-state index contributed by atoms with van der Waals surface area (Å²) < 4.78 is 0. The zero-order chi connectivity index (χ0) is 5.82. The average molecular weight is 101 g/mol. The van der Waals surface area contributed by atoms with Crippen LogP contribution in [-0.4, -0.2) is 13.5 Å². The molecule has 0 N–H and O–H groups in total. The van der Waals surface area contributed by atoms with Gasteiger partial charge in [-0.05, 0) is 0 Å². The Kier molecular flexibility index (Phi) is 1.63. The molecular formula is C7H6B. The van der Waals surface area contributed by atoms with Crippen molar-refractivity contribution in [1.29, 1.82) is 0 Å². The molecule has 0 atom stereocenters. The number of rotatable bonds is 1. The summed E-state index contributed by atoms with van der Waals surface area (Å²) in [5, 5.41) is 0. The van der Waals surface area contributed by atoms with Gasteiger partial charge in [0.05, 0.1) is 0 Å². The van der Waals surface area contributed by atoms with Crippen LogP contribution in [0.1, 0.15) is 5.56 Å². The molecule has 0 aromatic heterocycles. The first kappa shape index (κ1) is 5.29. The van der Waals surface area contributed by atoms with E-state index < -0.39 is 0 Å². The van der Waals surface area contributed by atoms with Crippen molar-refractivity contribution in [1.82, 2.24) is 0 Å². The van der Waals surface area contributed by atoms with Crippen LogP contribution in [0.5, 0.6) is 0 Å². The van der Waals surface area contributed by atoms with Crippen LogP contribution in [0.4, 0.5) is 0 Å². The molecule has 1 aromatic carbocycles. The summed E-state index contributed by atoms with van der Waals surface area (Å²) >= 11 is 0. The summed E-state index contributed by atoms with van der Waals surface area (Å²) in [5.74, 6) is 1.58. The molecule has 0 heterocycles. The van der Waals surface area contributed by atoms with Crippen LogP contribution >= 0.6 is 0 Å². The normalized spacial score (nSPS) is 8.38. The van der Waals surface area contributed by atoms with E-state index in [9.17, 15) is 0 Å². The van der Waals surface area contributed by atoms with E-state index >= 15 is 0 Å². The summed E-state index contributed by atoms with van der Waals surface area (Å²) in [6.45, 7) is 0. The summed E-state index contributed by atoms with van der Waals surface area (Å²) in [6, 6.07) is 9.80. The van der Waals surface area contributed by atoms with E-state index in [4.69, 9.17) is 7.49 Å². The van der Waals surface area contributed by atoms with Gasteiger partial charge in [-0.3, -0.25) is 0 Å². The van der Waals surface area contributed by atoms with Crippen molar-refractivity contribution in [3.63, 3.8) is 0 Å². The molecule has 0 aliphatic rings. The third-order valence-electron chi connectivity index (χ3n) is 0.992. The van der Waals surface area contributed by atoms with Crippen LogP contribution in [-0.2, 0) is 0 Å². The predicted molar refractivity (Wildman–Crippen MR) is 37.4 cm³/mol. The van der Waals surface area contributed by atoms with Gasteiger partial charge in [0.1, 0.15) is 0 Å². The van der Waals surface area contributed by atoms with Crippen LogP contribution in [0, 0.1) is 0 Å². The second-order valence-electron chi connectivity index (χ2n) is 1.58. The van der Waals surface area contributed by atoms with Crippen LogP contribution in [0.3, 0.4) is 0 Å². The second-order valence-corrected chi connectivity index (χ2v) is 1.58. The summed E-state index contributed by atoms with van der Waals surface area (Å²) in [5.41, 5.74) is 1.06. The van der Waals surface area contributed by atoms with Gasteiger partial charge in [0.25, 0.3) is 0 Å². The zero-order valence-electron chi connectivity index (χ0n) is 4.54. The molecule has 0 spiro atoms. The van der Waals surface area contributed by atoms with Crippen molar-refractivity contribution >= 4 is 13.5 Å². The van der Waals surface area contributed by atoms with E-state index in [2.05, 4.69) is 0 Å². The van der Waals surface area contributed by atoms with Crippen molar-refractivity contribution in [2.45, 2.75) is 0 Å². The summed E-state index contributed by atoms with van der Waals surface area (Å²) in [4.78, 5) is 0. The van der Waals surface area contributed by atoms with Gasteiger partial charge in [-0.2, -0.15) is 0 Å². The molecule has 0 amide bonds. The van der Waals surface area contributed by atoms with E-state index in [-0.39, 0.29) is 0 Å². The van der Waals surface area contributed by atoms with Crippen molar-refractivity contribution in [2.24, 2.45) is 0 Å². The van der Waals surface area contributed by atoms with Gasteiger partial charge < -0.3 is 0 Å². The molecule has 0 unspecified atom stereocenters. The Morgan fingerprint density at radius 2 is 1.75 bits per heavy atom. The molecule has 1 heteroatoms. The van der Waals surface area contributed by atoms with Crippen LogP contribution in [0.2, 0.25) is 0 Å². The van der Waals surface area contributed by atoms with Gasteiger partial charge >= 0.3 is 49.3 Å². The van der Waals surface area contributed by atoms with Gasteiger partial charge in [-0.15, -0.1) is 0 Å². The van der Waals surface area contributed by atoms with E-state index in [0.29, 0.717) is 0 Å². The molecule has 0 bridgehead atoms. The Bertz CT molecular complexity index is 167. The van der Waals surface area contributed by atoms with E-state index in [0.717, 1.165) is 5.56 Å². The maximum absolute atomic E-state index is 5.22. The molecule has 1 rings (SSSR count). The first-order chi connectivity index (χ1) is 3.93. The molecule has 0 nitrogen and oxygen atoms in total. The summed E-state index contributed by atoms with van der Waals surface area (Å²) in [6.07, 6.45) is 0. The van der Waals surface area contributed by atoms with E-state index in [1.807, 2.05) is 30.3 Å². The molecule has 0 saturated heterocycles. The summed E-state index contributed by atoms with van der Waals surface area (Å²) in [7, 11) is 5.22. The van der Waals surface area contributed by atoms with Crippen molar-refractivity contribution < 1.29 is 0 Å². The van der Waals surface area contributed by atoms with Gasteiger partial charge in [0, 0.05) is 0 Å². The number of hydrogen-bond donors (Lipinski definition) is 0. The molecule has 0 fully saturated rings. The third kappa shape index (κ3) is 1.06. The first-order valence-corrected chi connectivity index (χ1v) is 2.53. The molecule has 8 heavy (non-hydrogen) atoms. The molecule has 0 saturated carbocycles. The van der Waals surface area contributed by atoms with Gasteiger partial charge in [0.2, 0.25) is 0 Å². The van der Waals surface area contributed by atoms with Gasteiger partial charge in [-0.1, -0.05) is 0 Å². The second kappa shape index (κ2) is 2.46. The fourth-order valence-corrected chi connectivity index (χ4v) is 0.564. The number of hydrogen-bond acceptors (Lipinski definition) is 0. The van der Waals surface area contributed by atoms with Crippen LogP contribution in [0.25, 0.3) is 0 Å². The van der Waals surface area contributed by atoms with Crippen molar-refractivity contribution in [2.75, 3.05) is 0 Å². The minimum atomic E-state index is 1.06. The maximum atomic E-state index is 5.22. The van der Waals surface area contributed by atoms with Crippen molar-refractivity contribution in [3.05, 3.63) is 35.9 Å². The van der Waals surface area contributed by atoms with Crippen molar-refractivity contribution in [3.8, 4) is 0 Å². The fraction of sp³-hybridized carbons (Fsp3) is 0. The fourth-order valence-electron chi connectivity index (χ4n) is 0.564. The molecule has 0 aliphatic carbocycles. The standard InChI is InChI=1S/C7H6B/c8-6-7-4-2-1-3-5-7/h1-6H. The average Bonchev–Trinajstić information content (AvgIpc) is 1.90. The molecule has 1 aromatic rings. The van der Waals surface area contributed by atoms with E-state index in [1.54, 1.807) is 5.97 Å². The SMILES string of the molecule is [B]=Cc1ccccc1. The topological polar surface area (TPSA) is 0 Å². The number of benzene rings is 1. The zero-order valence-corrected chi connectivity index (χ0v) is 4.54. The monoisotopic (exact) mass is 101 g/mol. The molecule has 1 radical (unpaired) electrons. The molecule has 37 valence electrons. The Morgan fingerprint density at radius 1 is 1.12 bits per heavy atom. The minimum absolute atomic E-state index is 1.06. The first-order valence-electron chi connectivity index (χ1n) is 2.53. The Labute approximate surface area is 50.2 Å². The van der Waals surface area contributed by atoms with Gasteiger partial charge in [-0.25, -0.2) is 0 Å². The van der Waals surface area contributed by atoms with Crippen LogP contribution in [0.15, 0.2) is 30.3 Å². The Balaban J connectivity index is 2.99. The van der Waals surface area contributed by atoms with Gasteiger partial charge in [0.15, 0.2) is 0 Å². The Hall–Kier alpha value is -0.845. The molecule has 0 aliphatic heterocycles.